The van der Waals surface area contributed by atoms with E-state index in [-0.39, 0.29) is 36.7 Å². The van der Waals surface area contributed by atoms with Crippen LogP contribution in [-0.2, 0) is 9.59 Å². The van der Waals surface area contributed by atoms with Gasteiger partial charge in [0.15, 0.2) is 0 Å². The van der Waals surface area contributed by atoms with E-state index in [1.54, 1.807) is 47.4 Å². The van der Waals surface area contributed by atoms with Crippen molar-refractivity contribution in [3.63, 3.8) is 0 Å². The monoisotopic (exact) mass is 463 g/mol. The van der Waals surface area contributed by atoms with Gasteiger partial charge < -0.3 is 20.7 Å². The number of nitrogens with zero attached hydrogens (tertiary/aromatic N) is 1. The lowest BCUT2D eigenvalue weighted by molar-refractivity contribution is -0.123. The number of amides is 3. The molecule has 1 fully saturated rings. The topological polar surface area (TPSA) is 102 Å². The molecule has 1 saturated heterocycles. The lowest BCUT2D eigenvalue weighted by Crippen LogP contribution is -2.42. The quantitative estimate of drug-likeness (QED) is 0.652. The first-order chi connectivity index (χ1) is 14.9. The Bertz CT molecular complexity index is 975. The van der Waals surface area contributed by atoms with Crippen molar-refractivity contribution < 1.29 is 19.1 Å². The molecule has 0 atom stereocenters. The van der Waals surface area contributed by atoms with Crippen LogP contribution in [-0.4, -0.2) is 42.3 Å². The summed E-state index contributed by atoms with van der Waals surface area (Å²) >= 11 is 12.0. The Morgan fingerprint density at radius 3 is 2.48 bits per heavy atom. The number of ether oxygens (including phenoxy) is 1. The van der Waals surface area contributed by atoms with E-state index in [0.717, 1.165) is 0 Å². The zero-order valence-corrected chi connectivity index (χ0v) is 18.3. The number of hydrogen-bond acceptors (Lipinski definition) is 4. The number of carbonyl (C=O) groups excluding carboxylic acids is 3. The number of carbonyl (C=O) groups is 3. The van der Waals surface area contributed by atoms with Crippen molar-refractivity contribution in [3.8, 4) is 5.75 Å². The maximum atomic E-state index is 13.0. The second-order valence-corrected chi connectivity index (χ2v) is 8.00. The van der Waals surface area contributed by atoms with Crippen molar-refractivity contribution in [2.45, 2.75) is 19.3 Å². The molecular formula is C22H23Cl2N3O4. The minimum atomic E-state index is -0.332. The molecule has 0 saturated carbocycles. The Morgan fingerprint density at radius 1 is 1.06 bits per heavy atom. The smallest absolute Gasteiger partial charge is 0.255 e. The molecule has 3 amide bonds. The van der Waals surface area contributed by atoms with Gasteiger partial charge in [0.05, 0.1) is 29.3 Å². The van der Waals surface area contributed by atoms with Crippen molar-refractivity contribution >= 4 is 46.6 Å². The maximum absolute atomic E-state index is 13.0. The molecule has 2 aromatic rings. The van der Waals surface area contributed by atoms with Gasteiger partial charge in [0.1, 0.15) is 10.8 Å². The Hall–Kier alpha value is -2.77. The van der Waals surface area contributed by atoms with Gasteiger partial charge in [0.25, 0.3) is 5.91 Å². The predicted molar refractivity (Wildman–Crippen MR) is 119 cm³/mol. The van der Waals surface area contributed by atoms with Crippen LogP contribution in [0.25, 0.3) is 0 Å². The van der Waals surface area contributed by atoms with E-state index in [1.165, 1.54) is 0 Å². The highest BCUT2D eigenvalue weighted by molar-refractivity contribution is 6.42. The number of likely N-dealkylation sites (tertiary alicyclic amines) is 1. The van der Waals surface area contributed by atoms with Crippen LogP contribution in [0.15, 0.2) is 42.5 Å². The number of piperidine rings is 1. The standard InChI is InChI=1S/C22H23Cl2N3O4/c23-16-5-3-7-18(20(16)24)31-13-10-19(28)26-17-6-2-1-4-15(17)22(30)27-11-8-14(9-12-27)21(25)29/h1-7,14H,8-13H2,(H2,25,29)(H,26,28). The summed E-state index contributed by atoms with van der Waals surface area (Å²) in [6.45, 7) is 0.995. The van der Waals surface area contributed by atoms with Crippen LogP contribution >= 0.6 is 23.2 Å². The fraction of sp³-hybridized carbons (Fsp3) is 0.318. The minimum Gasteiger partial charge on any atom is -0.491 e. The third-order valence-electron chi connectivity index (χ3n) is 5.12. The average Bonchev–Trinajstić information content (AvgIpc) is 2.76. The molecule has 3 rings (SSSR count). The van der Waals surface area contributed by atoms with E-state index in [2.05, 4.69) is 5.32 Å². The summed E-state index contributed by atoms with van der Waals surface area (Å²) in [6.07, 6.45) is 1.15. The number of para-hydroxylation sites is 1. The van der Waals surface area contributed by atoms with Crippen LogP contribution in [0.4, 0.5) is 5.69 Å². The number of hydrogen-bond donors (Lipinski definition) is 2. The maximum Gasteiger partial charge on any atom is 0.255 e. The highest BCUT2D eigenvalue weighted by atomic mass is 35.5. The van der Waals surface area contributed by atoms with E-state index in [0.29, 0.717) is 53.0 Å². The number of benzene rings is 2. The molecule has 0 aromatic heterocycles. The van der Waals surface area contributed by atoms with Gasteiger partial charge in [-0.15, -0.1) is 0 Å². The van der Waals surface area contributed by atoms with Gasteiger partial charge in [0.2, 0.25) is 11.8 Å². The molecule has 0 spiro atoms. The van der Waals surface area contributed by atoms with Crippen LogP contribution in [0, 0.1) is 5.92 Å². The second-order valence-electron chi connectivity index (χ2n) is 7.21. The van der Waals surface area contributed by atoms with Crippen molar-refractivity contribution in [2.75, 3.05) is 25.0 Å². The van der Waals surface area contributed by atoms with E-state index in [9.17, 15) is 14.4 Å². The molecule has 1 heterocycles. The van der Waals surface area contributed by atoms with E-state index >= 15 is 0 Å². The summed E-state index contributed by atoms with van der Waals surface area (Å²) in [5.74, 6) is -0.628. The molecule has 3 N–H and O–H groups in total. The van der Waals surface area contributed by atoms with Gasteiger partial charge in [-0.3, -0.25) is 14.4 Å². The first-order valence-electron chi connectivity index (χ1n) is 9.91. The predicted octanol–water partition coefficient (Wildman–Crippen LogP) is 3.74. The summed E-state index contributed by atoms with van der Waals surface area (Å²) in [4.78, 5) is 38.4. The molecule has 0 bridgehead atoms. The van der Waals surface area contributed by atoms with Gasteiger partial charge in [-0.05, 0) is 37.1 Å². The SMILES string of the molecule is NC(=O)C1CCN(C(=O)c2ccccc2NC(=O)CCOc2cccc(Cl)c2Cl)CC1. The Labute approximate surface area is 190 Å². The molecule has 31 heavy (non-hydrogen) atoms. The van der Waals surface area contributed by atoms with Crippen LogP contribution in [0.3, 0.4) is 0 Å². The van der Waals surface area contributed by atoms with Gasteiger partial charge in [-0.2, -0.15) is 0 Å². The normalized spacial score (nSPS) is 14.2. The van der Waals surface area contributed by atoms with Crippen LogP contribution in [0.5, 0.6) is 5.75 Å². The summed E-state index contributed by atoms with van der Waals surface area (Å²) in [7, 11) is 0. The molecule has 164 valence electrons. The molecule has 2 aromatic carbocycles. The van der Waals surface area contributed by atoms with Crippen molar-refractivity contribution in [3.05, 3.63) is 58.1 Å². The van der Waals surface area contributed by atoms with Crippen LogP contribution in [0.1, 0.15) is 29.6 Å². The largest absolute Gasteiger partial charge is 0.491 e. The van der Waals surface area contributed by atoms with Crippen LogP contribution < -0.4 is 15.8 Å². The molecule has 0 aliphatic carbocycles. The average molecular weight is 464 g/mol. The number of rotatable bonds is 7. The second kappa shape index (κ2) is 10.5. The molecular weight excluding hydrogens is 441 g/mol. The Kier molecular flexibility index (Phi) is 7.76. The van der Waals surface area contributed by atoms with Gasteiger partial charge in [-0.1, -0.05) is 41.4 Å². The molecule has 0 radical (unpaired) electrons. The lowest BCUT2D eigenvalue weighted by atomic mass is 9.95. The van der Waals surface area contributed by atoms with Gasteiger partial charge in [0, 0.05) is 19.0 Å². The summed E-state index contributed by atoms with van der Waals surface area (Å²) < 4.78 is 5.54. The van der Waals surface area contributed by atoms with Crippen molar-refractivity contribution in [2.24, 2.45) is 11.7 Å². The molecule has 9 heteroatoms. The number of halogens is 2. The lowest BCUT2D eigenvalue weighted by Gasteiger charge is -2.31. The number of primary amides is 1. The zero-order valence-electron chi connectivity index (χ0n) is 16.8. The van der Waals surface area contributed by atoms with Crippen LogP contribution in [0.2, 0.25) is 10.0 Å². The zero-order chi connectivity index (χ0) is 22.4. The molecule has 0 unspecified atom stereocenters. The molecule has 1 aliphatic heterocycles. The van der Waals surface area contributed by atoms with Crippen molar-refractivity contribution in [1.29, 1.82) is 0 Å². The summed E-state index contributed by atoms with van der Waals surface area (Å²) in [6, 6.07) is 11.8. The fourth-order valence-corrected chi connectivity index (χ4v) is 3.72. The highest BCUT2D eigenvalue weighted by Gasteiger charge is 2.27. The number of nitrogens with one attached hydrogen (secondary N) is 1. The Morgan fingerprint density at radius 2 is 1.77 bits per heavy atom. The Balaban J connectivity index is 1.57. The van der Waals surface area contributed by atoms with E-state index in [1.807, 2.05) is 0 Å². The number of nitrogens with two attached hydrogens (primary N) is 1. The fourth-order valence-electron chi connectivity index (χ4n) is 3.38. The first kappa shape index (κ1) is 22.9. The highest BCUT2D eigenvalue weighted by Crippen LogP contribution is 2.31. The van der Waals surface area contributed by atoms with Crippen molar-refractivity contribution in [1.82, 2.24) is 4.90 Å². The van der Waals surface area contributed by atoms with Gasteiger partial charge in [-0.25, -0.2) is 0 Å². The van der Waals surface area contributed by atoms with E-state index in [4.69, 9.17) is 33.7 Å². The molecule has 1 aliphatic rings. The summed E-state index contributed by atoms with van der Waals surface area (Å²) in [5, 5.41) is 3.43. The van der Waals surface area contributed by atoms with Gasteiger partial charge >= 0.3 is 0 Å². The third kappa shape index (κ3) is 5.89. The first-order valence-corrected chi connectivity index (χ1v) is 10.7. The minimum absolute atomic E-state index is 0.0649. The van der Waals surface area contributed by atoms with E-state index < -0.39 is 0 Å². The summed E-state index contributed by atoms with van der Waals surface area (Å²) in [5.41, 5.74) is 6.18. The third-order valence-corrected chi connectivity index (χ3v) is 5.92. The molecule has 7 nitrogen and oxygen atoms in total. The number of anilines is 1.